The van der Waals surface area contributed by atoms with Crippen molar-refractivity contribution in [3.8, 4) is 22.4 Å². The number of ether oxygens (including phenoxy) is 1. The molecule has 1 saturated heterocycles. The van der Waals surface area contributed by atoms with E-state index in [0.717, 1.165) is 94.5 Å². The van der Waals surface area contributed by atoms with Crippen molar-refractivity contribution < 1.29 is 19.1 Å². The molecule has 5 aromatic rings. The quantitative estimate of drug-likeness (QED) is 0.144. The van der Waals surface area contributed by atoms with Gasteiger partial charge in [-0.05, 0) is 72.2 Å². The summed E-state index contributed by atoms with van der Waals surface area (Å²) in [5, 5.41) is 4.67. The molecule has 1 saturated carbocycles. The number of alkyl carbamates (subject to hydrolysis) is 1. The Morgan fingerprint density at radius 1 is 0.980 bits per heavy atom. The number of fused-ring (bicyclic) bond motifs is 5. The van der Waals surface area contributed by atoms with E-state index < -0.39 is 6.09 Å². The molecule has 254 valence electrons. The van der Waals surface area contributed by atoms with Crippen LogP contribution in [-0.4, -0.2) is 73.9 Å². The summed E-state index contributed by atoms with van der Waals surface area (Å²) in [6.07, 6.45) is 6.51. The summed E-state index contributed by atoms with van der Waals surface area (Å²) < 4.78 is 4.65. The molecule has 2 bridgehead atoms. The van der Waals surface area contributed by atoms with E-state index in [-0.39, 0.29) is 30.4 Å². The summed E-state index contributed by atoms with van der Waals surface area (Å²) in [5.74, 6) is 1.98. The van der Waals surface area contributed by atoms with Gasteiger partial charge in [0.1, 0.15) is 18.2 Å². The van der Waals surface area contributed by atoms with E-state index in [1.807, 2.05) is 22.9 Å². The number of carbonyl (C=O) groups is 3. The SMILES string of the molecule is CCCC(=O)N(CCC)Cc1ncc(-c2ccc(-c3ccc4c(ccc5[nH]c([C@@H]6[C@H]7CC[C@H](C7)N6C(=O)CNC(=O)OC)nc54)c3)cc2)[nH]1. The maximum Gasteiger partial charge on any atom is 0.407 e. The van der Waals surface area contributed by atoms with Crippen LogP contribution in [0.15, 0.2) is 60.8 Å². The second-order valence-electron chi connectivity index (χ2n) is 13.2. The number of amides is 3. The van der Waals surface area contributed by atoms with Crippen molar-refractivity contribution in [2.75, 3.05) is 20.2 Å². The van der Waals surface area contributed by atoms with Crippen molar-refractivity contribution in [2.45, 2.75) is 71.0 Å². The maximum atomic E-state index is 13.2. The van der Waals surface area contributed by atoms with Crippen LogP contribution in [0.4, 0.5) is 4.79 Å². The average Bonchev–Trinajstić information content (AvgIpc) is 3.94. The van der Waals surface area contributed by atoms with E-state index in [0.29, 0.717) is 18.9 Å². The van der Waals surface area contributed by atoms with Crippen molar-refractivity contribution in [1.29, 1.82) is 0 Å². The first-order chi connectivity index (χ1) is 23.9. The largest absolute Gasteiger partial charge is 0.453 e. The Labute approximate surface area is 285 Å². The molecule has 0 unspecified atom stereocenters. The van der Waals surface area contributed by atoms with E-state index in [2.05, 4.69) is 86.5 Å². The normalized spacial score (nSPS) is 18.3. The molecule has 2 aromatic heterocycles. The molecule has 2 aliphatic rings. The monoisotopic (exact) mass is 661 g/mol. The number of methoxy groups -OCH3 is 1. The number of imidazole rings is 2. The number of hydrogen-bond donors (Lipinski definition) is 3. The predicted octanol–water partition coefficient (Wildman–Crippen LogP) is 6.72. The van der Waals surface area contributed by atoms with Gasteiger partial charge in [-0.3, -0.25) is 9.59 Å². The number of benzene rings is 3. The summed E-state index contributed by atoms with van der Waals surface area (Å²) in [6.45, 7) is 5.22. The molecule has 3 amide bonds. The highest BCUT2D eigenvalue weighted by Crippen LogP contribution is 2.50. The van der Waals surface area contributed by atoms with Gasteiger partial charge in [0.2, 0.25) is 11.8 Å². The number of carbonyl (C=O) groups excluding carboxylic acids is 3. The number of nitrogens with zero attached hydrogens (tertiary/aromatic N) is 4. The van der Waals surface area contributed by atoms with Crippen molar-refractivity contribution in [2.24, 2.45) is 5.92 Å². The summed E-state index contributed by atoms with van der Waals surface area (Å²) in [7, 11) is 1.29. The fourth-order valence-corrected chi connectivity index (χ4v) is 7.70. The highest BCUT2D eigenvalue weighted by molar-refractivity contribution is 6.05. The molecule has 3 N–H and O–H groups in total. The van der Waals surface area contributed by atoms with E-state index >= 15 is 0 Å². The van der Waals surface area contributed by atoms with Gasteiger partial charge < -0.3 is 29.8 Å². The van der Waals surface area contributed by atoms with Crippen molar-refractivity contribution in [3.05, 3.63) is 72.4 Å². The van der Waals surface area contributed by atoms with Gasteiger partial charge in [-0.15, -0.1) is 0 Å². The molecular formula is C38H43N7O4. The van der Waals surface area contributed by atoms with Crippen LogP contribution in [-0.2, 0) is 20.9 Å². The molecule has 2 fully saturated rings. The Balaban J connectivity index is 1.09. The molecule has 3 atom stereocenters. The van der Waals surface area contributed by atoms with E-state index in [9.17, 15) is 14.4 Å². The highest BCUT2D eigenvalue weighted by atomic mass is 16.5. The van der Waals surface area contributed by atoms with Crippen LogP contribution < -0.4 is 5.32 Å². The summed E-state index contributed by atoms with van der Waals surface area (Å²) in [5.41, 5.74) is 5.99. The number of likely N-dealkylation sites (tertiary alicyclic amines) is 1. The lowest BCUT2D eigenvalue weighted by atomic mass is 9.98. The Bertz CT molecular complexity index is 2000. The highest BCUT2D eigenvalue weighted by Gasteiger charge is 2.49. The lowest BCUT2D eigenvalue weighted by Crippen LogP contribution is -2.45. The summed E-state index contributed by atoms with van der Waals surface area (Å²) >= 11 is 0. The van der Waals surface area contributed by atoms with Gasteiger partial charge in [0, 0.05) is 24.4 Å². The molecule has 3 aromatic carbocycles. The number of H-pyrrole nitrogens is 2. The molecular weight excluding hydrogens is 618 g/mol. The van der Waals surface area contributed by atoms with Crippen LogP contribution in [0.5, 0.6) is 0 Å². The molecule has 49 heavy (non-hydrogen) atoms. The molecule has 11 nitrogen and oxygen atoms in total. The van der Waals surface area contributed by atoms with E-state index in [4.69, 9.17) is 4.98 Å². The Morgan fingerprint density at radius 2 is 1.78 bits per heavy atom. The zero-order valence-electron chi connectivity index (χ0n) is 28.3. The van der Waals surface area contributed by atoms with E-state index in [1.54, 1.807) is 0 Å². The first kappa shape index (κ1) is 32.4. The van der Waals surface area contributed by atoms with Gasteiger partial charge in [-0.25, -0.2) is 14.8 Å². The topological polar surface area (TPSA) is 136 Å². The second kappa shape index (κ2) is 13.7. The number of nitrogens with one attached hydrogen (secondary N) is 3. The molecule has 11 heteroatoms. The minimum absolute atomic E-state index is 0.0959. The molecule has 1 aliphatic heterocycles. The number of aromatic nitrogens is 4. The first-order valence-electron chi connectivity index (χ1n) is 17.3. The lowest BCUT2D eigenvalue weighted by molar-refractivity contribution is -0.135. The smallest absolute Gasteiger partial charge is 0.407 e. The third-order valence-electron chi connectivity index (χ3n) is 10.0. The predicted molar refractivity (Wildman–Crippen MR) is 188 cm³/mol. The van der Waals surface area contributed by atoms with E-state index in [1.165, 1.54) is 7.11 Å². The van der Waals surface area contributed by atoms with Gasteiger partial charge in [0.25, 0.3) is 0 Å². The van der Waals surface area contributed by atoms with Crippen molar-refractivity contribution >= 4 is 39.7 Å². The van der Waals surface area contributed by atoms with Crippen LogP contribution in [0, 0.1) is 5.92 Å². The molecule has 0 spiro atoms. The zero-order valence-corrected chi connectivity index (χ0v) is 28.3. The number of hydrogen-bond acceptors (Lipinski definition) is 6. The molecule has 3 heterocycles. The van der Waals surface area contributed by atoms with Gasteiger partial charge >= 0.3 is 6.09 Å². The fraction of sp³-hybridized carbons (Fsp3) is 0.395. The maximum absolute atomic E-state index is 13.2. The Hall–Kier alpha value is -5.19. The zero-order chi connectivity index (χ0) is 34.1. The minimum atomic E-state index is -0.613. The lowest BCUT2D eigenvalue weighted by Gasteiger charge is -2.34. The summed E-state index contributed by atoms with van der Waals surface area (Å²) in [6, 6.07) is 19.0. The fourth-order valence-electron chi connectivity index (χ4n) is 7.70. The third kappa shape index (κ3) is 6.37. The number of piperidine rings is 1. The van der Waals surface area contributed by atoms with Crippen LogP contribution >= 0.6 is 0 Å². The molecule has 7 rings (SSSR count). The molecule has 0 radical (unpaired) electrons. The van der Waals surface area contributed by atoms with Gasteiger partial charge in [0.15, 0.2) is 0 Å². The number of rotatable bonds is 11. The van der Waals surface area contributed by atoms with Crippen LogP contribution in [0.25, 0.3) is 44.2 Å². The molecule has 1 aliphatic carbocycles. The first-order valence-corrected chi connectivity index (χ1v) is 17.3. The van der Waals surface area contributed by atoms with Gasteiger partial charge in [-0.2, -0.15) is 0 Å². The third-order valence-corrected chi connectivity index (χ3v) is 10.0. The summed E-state index contributed by atoms with van der Waals surface area (Å²) in [4.78, 5) is 57.8. The van der Waals surface area contributed by atoms with Crippen LogP contribution in [0.3, 0.4) is 0 Å². The van der Waals surface area contributed by atoms with Crippen LogP contribution in [0.2, 0.25) is 0 Å². The number of aromatic amines is 2. The van der Waals surface area contributed by atoms with Gasteiger partial charge in [-0.1, -0.05) is 56.3 Å². The van der Waals surface area contributed by atoms with Crippen molar-refractivity contribution in [3.63, 3.8) is 0 Å². The van der Waals surface area contributed by atoms with Gasteiger partial charge in [0.05, 0.1) is 42.6 Å². The Kier molecular flexibility index (Phi) is 9.07. The Morgan fingerprint density at radius 3 is 2.55 bits per heavy atom. The van der Waals surface area contributed by atoms with Crippen LogP contribution in [0.1, 0.15) is 70.1 Å². The minimum Gasteiger partial charge on any atom is -0.453 e. The average molecular weight is 662 g/mol. The second-order valence-corrected chi connectivity index (χ2v) is 13.2. The van der Waals surface area contributed by atoms with Crippen molar-refractivity contribution in [1.82, 2.24) is 35.1 Å². The standard InChI is InChI=1S/C38H43N7O4/c1-4-6-33(46)44(17-5-2)22-32-39-20-31(41-32)24-9-7-23(8-10-24)25-12-15-29-26(18-25)13-16-30-35(29)43-37(42-30)36-27-11-14-28(19-27)45(36)34(47)21-40-38(48)49-3/h7-10,12-13,15-16,18,20,27-28,36H,4-6,11,14,17,19,21-22H2,1-3H3,(H,39,41)(H,40,48)(H,42,43)/t27-,28+,36-/m0/s1.